The number of halogens is 1. The molecule has 20 heavy (non-hydrogen) atoms. The maximum atomic E-state index is 11.4. The minimum atomic E-state index is -1.21. The standard InChI is InChI=1S/C12H13ClN2O4S/c13-10-7-8(15(18)19)6-9(12(16)17)11(10)14-2-1-4-20-5-3-14/h6-7H,1-5H2,(H,16,17). The summed E-state index contributed by atoms with van der Waals surface area (Å²) in [5.74, 6) is 0.693. The summed E-state index contributed by atoms with van der Waals surface area (Å²) in [4.78, 5) is 23.4. The normalized spacial score (nSPS) is 15.8. The molecular weight excluding hydrogens is 304 g/mol. The first-order valence-corrected chi connectivity index (χ1v) is 7.58. The number of hydrogen-bond acceptors (Lipinski definition) is 5. The molecular formula is C12H13ClN2O4S. The zero-order valence-electron chi connectivity index (χ0n) is 10.5. The van der Waals surface area contributed by atoms with Crippen LogP contribution in [0.3, 0.4) is 0 Å². The lowest BCUT2D eigenvalue weighted by atomic mass is 10.1. The van der Waals surface area contributed by atoms with Gasteiger partial charge in [-0.1, -0.05) is 11.6 Å². The summed E-state index contributed by atoms with van der Waals surface area (Å²) in [7, 11) is 0. The highest BCUT2D eigenvalue weighted by atomic mass is 35.5. The quantitative estimate of drug-likeness (QED) is 0.682. The van der Waals surface area contributed by atoms with Crippen molar-refractivity contribution >= 4 is 40.7 Å². The predicted octanol–water partition coefficient (Wildman–Crippen LogP) is 2.89. The average Bonchev–Trinajstić information content (AvgIpc) is 2.66. The zero-order valence-corrected chi connectivity index (χ0v) is 12.1. The summed E-state index contributed by atoms with van der Waals surface area (Å²) in [5.41, 5.74) is -0.0382. The van der Waals surface area contributed by atoms with Crippen molar-refractivity contribution < 1.29 is 14.8 Å². The molecule has 108 valence electrons. The van der Waals surface area contributed by atoms with Gasteiger partial charge in [-0.2, -0.15) is 11.8 Å². The number of nitro benzene ring substituents is 1. The maximum absolute atomic E-state index is 11.4. The van der Waals surface area contributed by atoms with Crippen LogP contribution in [-0.2, 0) is 0 Å². The fraction of sp³-hybridized carbons (Fsp3) is 0.417. The van der Waals surface area contributed by atoms with E-state index < -0.39 is 10.9 Å². The topological polar surface area (TPSA) is 83.7 Å². The Hall–Kier alpha value is -1.47. The van der Waals surface area contributed by atoms with Crippen LogP contribution in [0, 0.1) is 10.1 Å². The molecule has 0 aliphatic carbocycles. The van der Waals surface area contributed by atoms with Gasteiger partial charge in [0, 0.05) is 31.0 Å². The molecule has 0 spiro atoms. The van der Waals surface area contributed by atoms with Gasteiger partial charge in [-0.3, -0.25) is 10.1 Å². The smallest absolute Gasteiger partial charge is 0.338 e. The second-order valence-corrected chi connectivity index (χ2v) is 5.97. The third-order valence-corrected chi connectivity index (χ3v) is 4.36. The van der Waals surface area contributed by atoms with Crippen molar-refractivity contribution in [2.24, 2.45) is 0 Å². The molecule has 0 unspecified atom stereocenters. The second kappa shape index (κ2) is 6.32. The number of thioether (sulfide) groups is 1. The van der Waals surface area contributed by atoms with Gasteiger partial charge in [0.2, 0.25) is 0 Å². The first kappa shape index (κ1) is 14.9. The van der Waals surface area contributed by atoms with Crippen molar-refractivity contribution in [3.63, 3.8) is 0 Å². The van der Waals surface area contributed by atoms with Crippen LogP contribution in [-0.4, -0.2) is 40.6 Å². The van der Waals surface area contributed by atoms with Gasteiger partial charge in [-0.15, -0.1) is 0 Å². The molecule has 0 bridgehead atoms. The Bertz CT molecular complexity index is 545. The van der Waals surface area contributed by atoms with Crippen molar-refractivity contribution in [1.82, 2.24) is 0 Å². The zero-order chi connectivity index (χ0) is 14.7. The van der Waals surface area contributed by atoms with Crippen molar-refractivity contribution in [3.8, 4) is 0 Å². The highest BCUT2D eigenvalue weighted by Crippen LogP contribution is 2.35. The van der Waals surface area contributed by atoms with Crippen LogP contribution in [0.25, 0.3) is 0 Å². The number of carbonyl (C=O) groups is 1. The van der Waals surface area contributed by atoms with Gasteiger partial charge in [0.15, 0.2) is 0 Å². The molecule has 1 fully saturated rings. The van der Waals surface area contributed by atoms with E-state index in [-0.39, 0.29) is 16.3 Å². The van der Waals surface area contributed by atoms with Crippen LogP contribution in [0.2, 0.25) is 5.02 Å². The van der Waals surface area contributed by atoms with E-state index in [1.165, 1.54) is 6.07 Å². The summed E-state index contributed by atoms with van der Waals surface area (Å²) >= 11 is 7.89. The van der Waals surface area contributed by atoms with E-state index >= 15 is 0 Å². The lowest BCUT2D eigenvalue weighted by Crippen LogP contribution is -2.27. The van der Waals surface area contributed by atoms with Crippen LogP contribution < -0.4 is 4.90 Å². The number of carboxylic acid groups (broad SMARTS) is 1. The minimum absolute atomic E-state index is 0.114. The lowest BCUT2D eigenvalue weighted by Gasteiger charge is -2.25. The van der Waals surface area contributed by atoms with E-state index in [0.717, 1.165) is 24.0 Å². The highest BCUT2D eigenvalue weighted by Gasteiger charge is 2.24. The summed E-state index contributed by atoms with van der Waals surface area (Å²) < 4.78 is 0. The summed E-state index contributed by atoms with van der Waals surface area (Å²) in [6, 6.07) is 2.28. The van der Waals surface area contributed by atoms with E-state index in [9.17, 15) is 20.0 Å². The molecule has 0 atom stereocenters. The number of nitrogens with zero attached hydrogens (tertiary/aromatic N) is 2. The molecule has 1 saturated heterocycles. The molecule has 1 heterocycles. The number of benzene rings is 1. The fourth-order valence-electron chi connectivity index (χ4n) is 2.14. The van der Waals surface area contributed by atoms with E-state index in [2.05, 4.69) is 0 Å². The third kappa shape index (κ3) is 3.16. The Morgan fingerprint density at radius 2 is 2.15 bits per heavy atom. The molecule has 0 aromatic heterocycles. The SMILES string of the molecule is O=C(O)c1cc([N+](=O)[O-])cc(Cl)c1N1CCCSCC1. The largest absolute Gasteiger partial charge is 0.478 e. The van der Waals surface area contributed by atoms with Crippen molar-refractivity contribution in [2.45, 2.75) is 6.42 Å². The van der Waals surface area contributed by atoms with Crippen LogP contribution in [0.1, 0.15) is 16.8 Å². The number of rotatable bonds is 3. The average molecular weight is 317 g/mol. The third-order valence-electron chi connectivity index (χ3n) is 3.03. The summed E-state index contributed by atoms with van der Waals surface area (Å²) in [6.07, 6.45) is 0.928. The molecule has 0 saturated carbocycles. The van der Waals surface area contributed by atoms with Crippen molar-refractivity contribution in [3.05, 3.63) is 32.8 Å². The molecule has 6 nitrogen and oxygen atoms in total. The predicted molar refractivity (Wildman–Crippen MR) is 79.2 cm³/mol. The molecule has 1 N–H and O–H groups in total. The monoisotopic (exact) mass is 316 g/mol. The minimum Gasteiger partial charge on any atom is -0.478 e. The van der Waals surface area contributed by atoms with Gasteiger partial charge in [0.05, 0.1) is 21.2 Å². The van der Waals surface area contributed by atoms with Gasteiger partial charge < -0.3 is 10.0 Å². The lowest BCUT2D eigenvalue weighted by molar-refractivity contribution is -0.384. The van der Waals surface area contributed by atoms with Gasteiger partial charge in [-0.25, -0.2) is 4.79 Å². The van der Waals surface area contributed by atoms with E-state index in [1.807, 2.05) is 4.90 Å². The maximum Gasteiger partial charge on any atom is 0.338 e. The van der Waals surface area contributed by atoms with Crippen LogP contribution in [0.4, 0.5) is 11.4 Å². The Morgan fingerprint density at radius 3 is 2.80 bits per heavy atom. The summed E-state index contributed by atoms with van der Waals surface area (Å²) in [6.45, 7) is 1.38. The number of aromatic carboxylic acids is 1. The van der Waals surface area contributed by atoms with Crippen LogP contribution >= 0.6 is 23.4 Å². The number of hydrogen-bond donors (Lipinski definition) is 1. The molecule has 0 radical (unpaired) electrons. The first-order valence-electron chi connectivity index (χ1n) is 6.04. The van der Waals surface area contributed by atoms with Crippen LogP contribution in [0.5, 0.6) is 0 Å². The Balaban J connectivity index is 2.49. The van der Waals surface area contributed by atoms with Gasteiger partial charge in [-0.05, 0) is 12.2 Å². The molecule has 1 aromatic rings. The van der Waals surface area contributed by atoms with Gasteiger partial charge in [0.1, 0.15) is 0 Å². The number of non-ortho nitro benzene ring substituents is 1. The molecule has 2 rings (SSSR count). The molecule has 1 aliphatic rings. The van der Waals surface area contributed by atoms with Crippen LogP contribution in [0.15, 0.2) is 12.1 Å². The van der Waals surface area contributed by atoms with Gasteiger partial charge in [0.25, 0.3) is 5.69 Å². The molecule has 1 aliphatic heterocycles. The second-order valence-electron chi connectivity index (χ2n) is 4.34. The molecule has 8 heteroatoms. The van der Waals surface area contributed by atoms with E-state index in [0.29, 0.717) is 18.8 Å². The fourth-order valence-corrected chi connectivity index (χ4v) is 3.36. The number of nitro groups is 1. The summed E-state index contributed by atoms with van der Waals surface area (Å²) in [5, 5.41) is 20.2. The number of anilines is 1. The van der Waals surface area contributed by atoms with Crippen molar-refractivity contribution in [1.29, 1.82) is 0 Å². The Morgan fingerprint density at radius 1 is 1.40 bits per heavy atom. The highest BCUT2D eigenvalue weighted by molar-refractivity contribution is 7.99. The van der Waals surface area contributed by atoms with Crippen molar-refractivity contribution in [2.75, 3.05) is 29.5 Å². The Labute approximate surface area is 124 Å². The van der Waals surface area contributed by atoms with E-state index in [1.54, 1.807) is 11.8 Å². The first-order chi connectivity index (χ1) is 9.50. The van der Waals surface area contributed by atoms with Gasteiger partial charge >= 0.3 is 5.97 Å². The Kier molecular flexibility index (Phi) is 4.72. The molecule has 0 amide bonds. The number of carboxylic acids is 1. The molecule has 1 aromatic carbocycles. The van der Waals surface area contributed by atoms with E-state index in [4.69, 9.17) is 11.6 Å².